The van der Waals surface area contributed by atoms with Gasteiger partial charge in [0.2, 0.25) is 0 Å². The van der Waals surface area contributed by atoms with Gasteiger partial charge >= 0.3 is 21.7 Å². The van der Waals surface area contributed by atoms with Crippen molar-refractivity contribution < 1.29 is 39.3 Å². The summed E-state index contributed by atoms with van der Waals surface area (Å²) in [4.78, 5) is 0. The van der Waals surface area contributed by atoms with Crippen LogP contribution in [0, 0.1) is 47.6 Å². The van der Waals surface area contributed by atoms with E-state index < -0.39 is 23.3 Å². The molecule has 4 aromatic rings. The van der Waals surface area contributed by atoms with Gasteiger partial charge < -0.3 is 9.13 Å². The summed E-state index contributed by atoms with van der Waals surface area (Å²) >= 11 is 0. The van der Waals surface area contributed by atoms with Crippen molar-refractivity contribution in [3.63, 3.8) is 0 Å². The quantitative estimate of drug-likeness (QED) is 0.117. The first kappa shape index (κ1) is 34.3. The summed E-state index contributed by atoms with van der Waals surface area (Å²) in [6.45, 7) is 0. The first-order valence-corrected chi connectivity index (χ1v) is 15.1. The molecule has 0 aliphatic heterocycles. The molecule has 0 bridgehead atoms. The molecule has 0 fully saturated rings. The van der Waals surface area contributed by atoms with Crippen molar-refractivity contribution in [2.75, 3.05) is 0 Å². The maximum atomic E-state index is 13.6. The predicted molar refractivity (Wildman–Crippen MR) is 165 cm³/mol. The number of nitrogens with zero attached hydrogens (tertiary/aromatic N) is 2. The Balaban J connectivity index is 0.000000154. The van der Waals surface area contributed by atoms with E-state index >= 15 is 0 Å². The second kappa shape index (κ2) is 17.2. The molecule has 0 N–H and O–H groups in total. The molecule has 7 heteroatoms. The number of aryl methyl sites for hydroxylation is 4. The first-order valence-electron chi connectivity index (χ1n) is 15.1. The molecule has 0 amide bonds. The fraction of sp³-hybridized carbons (Fsp3) is 0.263. The number of fused-ring (bicyclic) bond motifs is 2. The van der Waals surface area contributed by atoms with Gasteiger partial charge in [-0.1, -0.05) is 0 Å². The smallest absolute Gasteiger partial charge is 0.374 e. The molecule has 0 radical (unpaired) electrons. The number of rotatable bonds is 2. The van der Waals surface area contributed by atoms with Crippen LogP contribution in [0.2, 0.25) is 0 Å². The van der Waals surface area contributed by atoms with E-state index in [4.69, 9.17) is 0 Å². The zero-order valence-electron chi connectivity index (χ0n) is 25.1. The molecule has 0 unspecified atom stereocenters. The molecule has 2 nitrogen and oxygen atoms in total. The van der Waals surface area contributed by atoms with Crippen LogP contribution in [0.25, 0.3) is 11.4 Å². The maximum absolute atomic E-state index is 13.6. The van der Waals surface area contributed by atoms with Gasteiger partial charge in [-0.25, -0.2) is 41.9 Å². The van der Waals surface area contributed by atoms with Gasteiger partial charge in [0.25, 0.3) is 0 Å². The third kappa shape index (κ3) is 9.69. The van der Waals surface area contributed by atoms with E-state index in [1.54, 1.807) is 9.13 Å². The molecule has 2 aromatic heterocycles. The summed E-state index contributed by atoms with van der Waals surface area (Å²) < 4.78 is 56.2. The summed E-state index contributed by atoms with van der Waals surface area (Å²) in [5, 5.41) is 0. The minimum Gasteiger partial charge on any atom is -0.374 e. The molecular weight excluding hydrogens is 608 g/mol. The van der Waals surface area contributed by atoms with Gasteiger partial charge in [-0.3, -0.25) is 12.2 Å². The molecule has 2 heterocycles. The van der Waals surface area contributed by atoms with Crippen molar-refractivity contribution in [1.82, 2.24) is 9.13 Å². The van der Waals surface area contributed by atoms with Crippen LogP contribution in [0.5, 0.6) is 0 Å². The Labute approximate surface area is 278 Å². The van der Waals surface area contributed by atoms with Crippen LogP contribution in [0.4, 0.5) is 17.6 Å². The Bertz CT molecular complexity index is 1480. The average molecular weight is 643 g/mol. The fourth-order valence-corrected chi connectivity index (χ4v) is 5.47. The molecule has 0 spiro atoms. The fourth-order valence-electron chi connectivity index (χ4n) is 5.47. The largest absolute Gasteiger partial charge is 4.00 e. The van der Waals surface area contributed by atoms with Crippen LogP contribution in [0.1, 0.15) is 60.8 Å². The van der Waals surface area contributed by atoms with E-state index in [9.17, 15) is 17.6 Å². The number of hydrogen-bond donors (Lipinski definition) is 0. The minimum atomic E-state index is -0.664. The molecule has 8 rings (SSSR count). The third-order valence-electron chi connectivity index (χ3n) is 7.70. The Morgan fingerprint density at radius 1 is 0.511 bits per heavy atom. The standard InChI is InChI=1S/2C14H12F2N.2C5H5.Ti/c2*15-12-5-6-14(13(16)7-12)17-8-10-3-1-2-4-11(10)9-17;2*1-2-4-5-3-1;/h2*5-6,8-9H,1-4H2;2*1-3H,4H2;/q4*-1;+4. The second-order valence-electron chi connectivity index (χ2n) is 10.9. The number of halogens is 4. The molecule has 45 heavy (non-hydrogen) atoms. The maximum Gasteiger partial charge on any atom is 4.00 e. The van der Waals surface area contributed by atoms with Crippen LogP contribution in [0.15, 0.2) is 85.5 Å². The van der Waals surface area contributed by atoms with Crippen molar-refractivity contribution in [1.29, 1.82) is 0 Å². The van der Waals surface area contributed by atoms with Crippen molar-refractivity contribution in [2.24, 2.45) is 0 Å². The molecule has 2 aromatic carbocycles. The SMILES string of the molecule is Fc1[c-]c(F)c(-n2cc3c(c2)CCCC3)cc1.Fc1[c-]c(F)c(-n2cc3c(c2)CCCC3)cc1.[C-]1=CC=CC1.[C-]1=CC=CC1.[Ti+4]. The van der Waals surface area contributed by atoms with E-state index in [0.717, 1.165) is 38.5 Å². The van der Waals surface area contributed by atoms with Crippen LogP contribution in [-0.2, 0) is 47.4 Å². The number of allylic oxidation sites excluding steroid dienone is 8. The van der Waals surface area contributed by atoms with Crippen molar-refractivity contribution >= 4 is 0 Å². The van der Waals surface area contributed by atoms with E-state index in [1.807, 2.05) is 49.1 Å². The zero-order chi connectivity index (χ0) is 30.7. The second-order valence-corrected chi connectivity index (χ2v) is 10.9. The molecule has 0 saturated carbocycles. The van der Waals surface area contributed by atoms with Crippen LogP contribution >= 0.6 is 0 Å². The van der Waals surface area contributed by atoms with E-state index in [1.165, 1.54) is 72.2 Å². The third-order valence-corrected chi connectivity index (χ3v) is 7.70. The number of aromatic nitrogens is 2. The Morgan fingerprint density at radius 3 is 1.11 bits per heavy atom. The molecular formula is C38H34F4N2Ti. The van der Waals surface area contributed by atoms with E-state index in [0.29, 0.717) is 11.4 Å². The number of hydrogen-bond acceptors (Lipinski definition) is 0. The van der Waals surface area contributed by atoms with Crippen molar-refractivity contribution in [3.8, 4) is 11.4 Å². The average Bonchev–Trinajstić information content (AvgIpc) is 3.86. The van der Waals surface area contributed by atoms with Gasteiger partial charge in [-0.05, 0) is 85.0 Å². The van der Waals surface area contributed by atoms with Crippen molar-refractivity contribution in [2.45, 2.75) is 64.2 Å². The molecule has 228 valence electrons. The molecule has 0 saturated heterocycles. The topological polar surface area (TPSA) is 9.86 Å². The van der Waals surface area contributed by atoms with Crippen LogP contribution < -0.4 is 0 Å². The number of benzene rings is 2. The Kier molecular flexibility index (Phi) is 13.1. The van der Waals surface area contributed by atoms with Gasteiger partial charge in [0, 0.05) is 48.1 Å². The van der Waals surface area contributed by atoms with Crippen LogP contribution in [0.3, 0.4) is 0 Å². The molecule has 0 atom stereocenters. The molecule has 4 aliphatic carbocycles. The van der Waals surface area contributed by atoms with E-state index in [2.05, 4.69) is 36.4 Å². The Hall–Kier alpha value is -3.61. The summed E-state index contributed by atoms with van der Waals surface area (Å²) in [6, 6.07) is 9.50. The van der Waals surface area contributed by atoms with Gasteiger partial charge in [0.1, 0.15) is 0 Å². The molecule has 4 aliphatic rings. The Morgan fingerprint density at radius 2 is 0.867 bits per heavy atom. The van der Waals surface area contributed by atoms with Gasteiger partial charge in [0.05, 0.1) is 0 Å². The van der Waals surface area contributed by atoms with Gasteiger partial charge in [-0.2, -0.15) is 12.2 Å². The normalized spacial score (nSPS) is 15.0. The summed E-state index contributed by atoms with van der Waals surface area (Å²) in [5.74, 6) is -2.61. The van der Waals surface area contributed by atoms with E-state index in [-0.39, 0.29) is 21.7 Å². The summed E-state index contributed by atoms with van der Waals surface area (Å²) in [5.41, 5.74) is 5.83. The van der Waals surface area contributed by atoms with Gasteiger partial charge in [0.15, 0.2) is 0 Å². The van der Waals surface area contributed by atoms with Crippen molar-refractivity contribution in [3.05, 3.63) is 155 Å². The first-order chi connectivity index (χ1) is 21.5. The summed E-state index contributed by atoms with van der Waals surface area (Å²) in [7, 11) is 0. The predicted octanol–water partition coefficient (Wildman–Crippen LogP) is 9.48. The monoisotopic (exact) mass is 642 g/mol. The van der Waals surface area contributed by atoms with Crippen LogP contribution in [-0.4, -0.2) is 9.13 Å². The summed E-state index contributed by atoms with van der Waals surface area (Å²) in [6.07, 6.45) is 36.7. The zero-order valence-corrected chi connectivity index (χ0v) is 26.6. The minimum absolute atomic E-state index is 0. The van der Waals surface area contributed by atoms with Gasteiger partial charge in [-0.15, -0.1) is 49.2 Å².